The molecule has 2 rings (SSSR count). The molecule has 132 valence electrons. The average molecular weight is 379 g/mol. The predicted octanol–water partition coefficient (Wildman–Crippen LogP) is 4.18. The van der Waals surface area contributed by atoms with Crippen molar-refractivity contribution in [3.63, 3.8) is 0 Å². The van der Waals surface area contributed by atoms with Gasteiger partial charge in [0.25, 0.3) is 5.69 Å². The topological polar surface area (TPSA) is 93.5 Å². The number of nitro groups is 1. The number of ether oxygens (including phenoxy) is 1. The minimum absolute atomic E-state index is 0.00543. The molecule has 1 heterocycles. The number of thiophene rings is 1. The van der Waals surface area contributed by atoms with E-state index in [2.05, 4.69) is 10.6 Å². The third kappa shape index (κ3) is 4.12. The van der Waals surface area contributed by atoms with Crippen molar-refractivity contribution in [3.05, 3.63) is 49.9 Å². The van der Waals surface area contributed by atoms with Gasteiger partial charge >= 0.3 is 5.97 Å². The lowest BCUT2D eigenvalue weighted by atomic mass is 10.1. The van der Waals surface area contributed by atoms with Crippen molar-refractivity contribution >= 4 is 51.0 Å². The van der Waals surface area contributed by atoms with Crippen LogP contribution in [0.1, 0.15) is 26.4 Å². The minimum atomic E-state index is -0.446. The fourth-order valence-electron chi connectivity index (χ4n) is 2.21. The maximum absolute atomic E-state index is 12.0. The smallest absolute Gasteiger partial charge is 0.341 e. The van der Waals surface area contributed by atoms with Gasteiger partial charge in [0, 0.05) is 22.2 Å². The molecule has 0 aliphatic heterocycles. The summed E-state index contributed by atoms with van der Waals surface area (Å²) in [7, 11) is 1.32. The summed E-state index contributed by atoms with van der Waals surface area (Å²) in [5.74, 6) is -0.446. The molecule has 1 aromatic carbocycles. The lowest BCUT2D eigenvalue weighted by Gasteiger charge is -2.11. The highest BCUT2D eigenvalue weighted by Gasteiger charge is 2.21. The zero-order chi connectivity index (χ0) is 18.7. The maximum Gasteiger partial charge on any atom is 0.341 e. The molecule has 0 radical (unpaired) electrons. The number of nitro benzene ring substituents is 1. The molecule has 0 aliphatic rings. The number of thiocarbonyl (C=S) groups is 1. The molecule has 2 aromatic rings. The molecule has 0 atom stereocenters. The van der Waals surface area contributed by atoms with E-state index in [4.69, 9.17) is 17.0 Å². The van der Waals surface area contributed by atoms with Crippen LogP contribution in [0.5, 0.6) is 0 Å². The summed E-state index contributed by atoms with van der Waals surface area (Å²) in [6.45, 7) is 5.40. The molecule has 1 aromatic heterocycles. The monoisotopic (exact) mass is 379 g/mol. The fraction of sp³-hybridized carbons (Fsp3) is 0.250. The first kappa shape index (κ1) is 18.8. The van der Waals surface area contributed by atoms with Crippen LogP contribution in [0.3, 0.4) is 0 Å². The van der Waals surface area contributed by atoms with Crippen molar-refractivity contribution in [2.24, 2.45) is 0 Å². The van der Waals surface area contributed by atoms with Crippen molar-refractivity contribution in [2.75, 3.05) is 17.7 Å². The third-order valence-corrected chi connectivity index (χ3v) is 4.99. The average Bonchev–Trinajstić information content (AvgIpc) is 2.82. The Morgan fingerprint density at radius 3 is 2.56 bits per heavy atom. The molecule has 2 N–H and O–H groups in total. The first-order valence-electron chi connectivity index (χ1n) is 7.26. The van der Waals surface area contributed by atoms with E-state index in [0.29, 0.717) is 21.8 Å². The number of benzene rings is 1. The summed E-state index contributed by atoms with van der Waals surface area (Å²) in [4.78, 5) is 23.5. The molecule has 0 amide bonds. The summed E-state index contributed by atoms with van der Waals surface area (Å²) in [5, 5.41) is 17.7. The standard InChI is InChI=1S/C16H17N3O4S2/c1-8-5-6-11(7-12(8)19(21)22)17-16(24)18-14-13(15(20)23-4)9(2)10(3)25-14/h5-7H,1-4H3,(H2,17,18,24). The molecule has 0 saturated heterocycles. The zero-order valence-electron chi connectivity index (χ0n) is 14.1. The largest absolute Gasteiger partial charge is 0.465 e. The number of methoxy groups -OCH3 is 1. The molecule has 9 heteroatoms. The van der Waals surface area contributed by atoms with Crippen molar-refractivity contribution in [2.45, 2.75) is 20.8 Å². The molecule has 0 aliphatic carbocycles. The number of carbonyl (C=O) groups excluding carboxylic acids is 1. The number of nitrogens with one attached hydrogen (secondary N) is 2. The Kier molecular flexibility index (Phi) is 5.70. The van der Waals surface area contributed by atoms with Crippen molar-refractivity contribution in [1.82, 2.24) is 0 Å². The number of hydrogen-bond acceptors (Lipinski definition) is 6. The van der Waals surface area contributed by atoms with Crippen LogP contribution in [0.4, 0.5) is 16.4 Å². The summed E-state index contributed by atoms with van der Waals surface area (Å²) in [6.07, 6.45) is 0. The number of esters is 1. The summed E-state index contributed by atoms with van der Waals surface area (Å²) in [6, 6.07) is 4.75. The van der Waals surface area contributed by atoms with Crippen LogP contribution in [-0.4, -0.2) is 23.1 Å². The Morgan fingerprint density at radius 1 is 1.28 bits per heavy atom. The molecule has 0 spiro atoms. The van der Waals surface area contributed by atoms with Gasteiger partial charge in [0.1, 0.15) is 5.00 Å². The Labute approximate surface area is 154 Å². The van der Waals surface area contributed by atoms with Gasteiger partial charge in [-0.3, -0.25) is 10.1 Å². The highest BCUT2D eigenvalue weighted by molar-refractivity contribution is 7.80. The maximum atomic E-state index is 12.0. The molecule has 0 saturated carbocycles. The SMILES string of the molecule is COC(=O)c1c(NC(=S)Nc2ccc(C)c([N+](=O)[O-])c2)sc(C)c1C. The van der Waals surface area contributed by atoms with Gasteiger partial charge < -0.3 is 15.4 Å². The first-order valence-corrected chi connectivity index (χ1v) is 8.48. The summed E-state index contributed by atoms with van der Waals surface area (Å²) < 4.78 is 4.82. The molecule has 0 unspecified atom stereocenters. The molecule has 0 bridgehead atoms. The van der Waals surface area contributed by atoms with Crippen LogP contribution in [0.25, 0.3) is 0 Å². The van der Waals surface area contributed by atoms with Gasteiger partial charge in [-0.25, -0.2) is 4.79 Å². The van der Waals surface area contributed by atoms with Crippen molar-refractivity contribution in [3.8, 4) is 0 Å². The summed E-state index contributed by atoms with van der Waals surface area (Å²) in [5.41, 5.74) is 2.31. The lowest BCUT2D eigenvalue weighted by molar-refractivity contribution is -0.385. The van der Waals surface area contributed by atoms with Gasteiger partial charge in [-0.2, -0.15) is 0 Å². The van der Waals surface area contributed by atoms with Crippen LogP contribution in [0.15, 0.2) is 18.2 Å². The lowest BCUT2D eigenvalue weighted by Crippen LogP contribution is -2.20. The Balaban J connectivity index is 2.22. The number of carbonyl (C=O) groups is 1. The van der Waals surface area contributed by atoms with Crippen LogP contribution >= 0.6 is 23.6 Å². The number of hydrogen-bond donors (Lipinski definition) is 2. The number of rotatable bonds is 4. The first-order chi connectivity index (χ1) is 11.7. The van der Waals surface area contributed by atoms with E-state index < -0.39 is 10.9 Å². The molecule has 25 heavy (non-hydrogen) atoms. The van der Waals surface area contributed by atoms with Crippen LogP contribution in [0.2, 0.25) is 0 Å². The molecular weight excluding hydrogens is 362 g/mol. The predicted molar refractivity (Wildman–Crippen MR) is 103 cm³/mol. The Hall–Kier alpha value is -2.52. The second-order valence-corrected chi connectivity index (χ2v) is 6.95. The molecular formula is C16H17N3O4S2. The van der Waals surface area contributed by atoms with E-state index in [9.17, 15) is 14.9 Å². The van der Waals surface area contributed by atoms with Gasteiger partial charge in [0.15, 0.2) is 5.11 Å². The van der Waals surface area contributed by atoms with Gasteiger partial charge in [-0.05, 0) is 44.6 Å². The second kappa shape index (κ2) is 7.58. The number of anilines is 2. The summed E-state index contributed by atoms with van der Waals surface area (Å²) >= 11 is 6.64. The second-order valence-electron chi connectivity index (χ2n) is 5.32. The van der Waals surface area contributed by atoms with E-state index in [1.165, 1.54) is 24.5 Å². The van der Waals surface area contributed by atoms with Gasteiger partial charge in [0.05, 0.1) is 17.6 Å². The number of aryl methyl sites for hydroxylation is 2. The quantitative estimate of drug-likeness (QED) is 0.356. The van der Waals surface area contributed by atoms with Gasteiger partial charge in [0.2, 0.25) is 0 Å². The van der Waals surface area contributed by atoms with E-state index in [1.807, 2.05) is 13.8 Å². The van der Waals surface area contributed by atoms with E-state index >= 15 is 0 Å². The third-order valence-electron chi connectivity index (χ3n) is 3.67. The Morgan fingerprint density at radius 2 is 1.96 bits per heavy atom. The Bertz CT molecular complexity index is 861. The van der Waals surface area contributed by atoms with E-state index in [1.54, 1.807) is 19.1 Å². The van der Waals surface area contributed by atoms with E-state index in [0.717, 1.165) is 10.4 Å². The number of nitrogens with zero attached hydrogens (tertiary/aromatic N) is 1. The van der Waals surface area contributed by atoms with Crippen LogP contribution < -0.4 is 10.6 Å². The fourth-order valence-corrected chi connectivity index (χ4v) is 3.55. The van der Waals surface area contributed by atoms with Crippen LogP contribution in [-0.2, 0) is 4.74 Å². The zero-order valence-corrected chi connectivity index (χ0v) is 15.8. The van der Waals surface area contributed by atoms with E-state index in [-0.39, 0.29) is 10.8 Å². The van der Waals surface area contributed by atoms with Gasteiger partial charge in [-0.1, -0.05) is 6.07 Å². The van der Waals surface area contributed by atoms with Crippen molar-refractivity contribution < 1.29 is 14.5 Å². The van der Waals surface area contributed by atoms with Crippen molar-refractivity contribution in [1.29, 1.82) is 0 Å². The molecule has 7 nitrogen and oxygen atoms in total. The highest BCUT2D eigenvalue weighted by atomic mass is 32.1. The molecule has 0 fully saturated rings. The highest BCUT2D eigenvalue weighted by Crippen LogP contribution is 2.33. The minimum Gasteiger partial charge on any atom is -0.465 e. The normalized spacial score (nSPS) is 10.2. The van der Waals surface area contributed by atoms with Crippen LogP contribution in [0, 0.1) is 30.9 Å². The van der Waals surface area contributed by atoms with Gasteiger partial charge in [-0.15, -0.1) is 11.3 Å².